The molecule has 1 heterocycles. The summed E-state index contributed by atoms with van der Waals surface area (Å²) in [7, 11) is 0. The van der Waals surface area contributed by atoms with E-state index in [1.165, 1.54) is 10.7 Å². The van der Waals surface area contributed by atoms with Gasteiger partial charge in [0.25, 0.3) is 0 Å². The molecule has 0 fully saturated rings. The Hall–Kier alpha value is -3.21. The Balaban J connectivity index is 2.12. The predicted octanol–water partition coefficient (Wildman–Crippen LogP) is 1.61. The number of nitro groups is 1. The summed E-state index contributed by atoms with van der Waals surface area (Å²) in [5.74, 6) is -0.725. The molecule has 0 aliphatic heterocycles. The van der Waals surface area contributed by atoms with Gasteiger partial charge in [-0.1, -0.05) is 12.1 Å². The third-order valence-corrected chi connectivity index (χ3v) is 2.77. The van der Waals surface area contributed by atoms with Gasteiger partial charge in [-0.15, -0.1) is 0 Å². The predicted molar refractivity (Wildman–Crippen MR) is 73.4 cm³/mol. The highest BCUT2D eigenvalue weighted by atomic mass is 16.6. The molecule has 0 aliphatic rings. The molecule has 0 radical (unpaired) electrons. The number of hydrogen-bond donors (Lipinski definition) is 1. The number of nitrogens with one attached hydrogen (secondary N) is 1. The van der Waals surface area contributed by atoms with Gasteiger partial charge in [0, 0.05) is 0 Å². The minimum atomic E-state index is -0.619. The van der Waals surface area contributed by atoms with E-state index in [2.05, 4.69) is 10.4 Å². The maximum Gasteiger partial charge on any atom is 0.390 e. The van der Waals surface area contributed by atoms with Crippen molar-refractivity contribution in [3.05, 3.63) is 51.7 Å². The number of amides is 1. The largest absolute Gasteiger partial charge is 0.390 e. The lowest BCUT2D eigenvalue weighted by molar-refractivity contribution is -0.389. The maximum absolute atomic E-state index is 11.9. The fourth-order valence-electron chi connectivity index (χ4n) is 1.76. The Morgan fingerprint density at radius 1 is 1.52 bits per heavy atom. The second-order valence-electron chi connectivity index (χ2n) is 4.26. The van der Waals surface area contributed by atoms with Crippen LogP contribution >= 0.6 is 0 Å². The van der Waals surface area contributed by atoms with Crippen LogP contribution in [0.1, 0.15) is 11.3 Å². The van der Waals surface area contributed by atoms with Crippen molar-refractivity contribution in [2.45, 2.75) is 13.5 Å². The zero-order valence-electron chi connectivity index (χ0n) is 11.1. The smallest absolute Gasteiger partial charge is 0.358 e. The van der Waals surface area contributed by atoms with Gasteiger partial charge in [-0.25, -0.2) is 0 Å². The molecule has 1 amide bonds. The molecule has 8 nitrogen and oxygen atoms in total. The Bertz CT molecular complexity index is 745. The van der Waals surface area contributed by atoms with Crippen LogP contribution < -0.4 is 5.32 Å². The van der Waals surface area contributed by atoms with Gasteiger partial charge in [0.2, 0.25) is 5.91 Å². The third-order valence-electron chi connectivity index (χ3n) is 2.77. The average Bonchev–Trinajstić information content (AvgIpc) is 2.81. The van der Waals surface area contributed by atoms with E-state index >= 15 is 0 Å². The number of nitriles is 1. The molecule has 0 spiro atoms. The zero-order valence-corrected chi connectivity index (χ0v) is 11.1. The third kappa shape index (κ3) is 3.22. The van der Waals surface area contributed by atoms with Gasteiger partial charge in [0.05, 0.1) is 28.1 Å². The van der Waals surface area contributed by atoms with Gasteiger partial charge in [0.15, 0.2) is 0 Å². The lowest BCUT2D eigenvalue weighted by Crippen LogP contribution is -2.20. The summed E-state index contributed by atoms with van der Waals surface area (Å²) in [6.07, 6.45) is 0. The SMILES string of the molecule is Cc1cc([N+](=O)[O-])nn1CC(=O)Nc1ccccc1C#N. The Kier molecular flexibility index (Phi) is 3.95. The topological polar surface area (TPSA) is 114 Å². The Labute approximate surface area is 119 Å². The summed E-state index contributed by atoms with van der Waals surface area (Å²) in [4.78, 5) is 21.9. The summed E-state index contributed by atoms with van der Waals surface area (Å²) in [6, 6.07) is 9.83. The van der Waals surface area contributed by atoms with Crippen LogP contribution in [0.25, 0.3) is 0 Å². The Morgan fingerprint density at radius 2 is 2.24 bits per heavy atom. The van der Waals surface area contributed by atoms with Crippen molar-refractivity contribution in [1.29, 1.82) is 5.26 Å². The minimum absolute atomic E-state index is 0.167. The van der Waals surface area contributed by atoms with E-state index in [0.717, 1.165) is 0 Å². The van der Waals surface area contributed by atoms with Crippen molar-refractivity contribution < 1.29 is 9.72 Å². The van der Waals surface area contributed by atoms with Crippen molar-refractivity contribution in [1.82, 2.24) is 9.78 Å². The fourth-order valence-corrected chi connectivity index (χ4v) is 1.76. The first kappa shape index (κ1) is 14.2. The minimum Gasteiger partial charge on any atom is -0.358 e. The van der Waals surface area contributed by atoms with Gasteiger partial charge in [-0.05, 0) is 24.0 Å². The van der Waals surface area contributed by atoms with Crippen molar-refractivity contribution >= 4 is 17.4 Å². The number of benzene rings is 1. The highest BCUT2D eigenvalue weighted by molar-refractivity contribution is 5.91. The highest BCUT2D eigenvalue weighted by Crippen LogP contribution is 2.14. The van der Waals surface area contributed by atoms with E-state index in [0.29, 0.717) is 16.9 Å². The van der Waals surface area contributed by atoms with Crippen LogP contribution in [-0.4, -0.2) is 20.6 Å². The zero-order chi connectivity index (χ0) is 15.4. The van der Waals surface area contributed by atoms with E-state index in [1.54, 1.807) is 31.2 Å². The van der Waals surface area contributed by atoms with E-state index in [1.807, 2.05) is 6.07 Å². The number of carbonyl (C=O) groups excluding carboxylic acids is 1. The monoisotopic (exact) mass is 285 g/mol. The van der Waals surface area contributed by atoms with Crippen molar-refractivity contribution in [3.8, 4) is 6.07 Å². The Morgan fingerprint density at radius 3 is 2.86 bits per heavy atom. The summed E-state index contributed by atoms with van der Waals surface area (Å²) in [6.45, 7) is 1.45. The number of rotatable bonds is 4. The maximum atomic E-state index is 11.9. The average molecular weight is 285 g/mol. The molecule has 0 unspecified atom stereocenters. The first-order valence-electron chi connectivity index (χ1n) is 5.99. The van der Waals surface area contributed by atoms with E-state index in [4.69, 9.17) is 5.26 Å². The molecule has 0 aliphatic carbocycles. The molecular weight excluding hydrogens is 274 g/mol. The molecule has 2 aromatic rings. The molecule has 1 aromatic carbocycles. The molecular formula is C13H11N5O3. The van der Waals surface area contributed by atoms with Gasteiger partial charge in [-0.3, -0.25) is 4.79 Å². The summed E-state index contributed by atoms with van der Waals surface area (Å²) in [5.41, 5.74) is 1.24. The van der Waals surface area contributed by atoms with Gasteiger partial charge in [-0.2, -0.15) is 9.94 Å². The molecule has 0 saturated carbocycles. The van der Waals surface area contributed by atoms with Crippen LogP contribution in [0.5, 0.6) is 0 Å². The number of para-hydroxylation sites is 1. The molecule has 21 heavy (non-hydrogen) atoms. The van der Waals surface area contributed by atoms with Crippen LogP contribution in [0.4, 0.5) is 11.5 Å². The lowest BCUT2D eigenvalue weighted by atomic mass is 10.2. The fraction of sp³-hybridized carbons (Fsp3) is 0.154. The van der Waals surface area contributed by atoms with Crippen LogP contribution in [-0.2, 0) is 11.3 Å². The number of carbonyl (C=O) groups is 1. The van der Waals surface area contributed by atoms with E-state index < -0.39 is 10.8 Å². The van der Waals surface area contributed by atoms with Gasteiger partial charge < -0.3 is 15.4 Å². The number of nitrogens with zero attached hydrogens (tertiary/aromatic N) is 4. The highest BCUT2D eigenvalue weighted by Gasteiger charge is 2.17. The standard InChI is InChI=1S/C13H11N5O3/c1-9-6-12(18(20)21)16-17(9)8-13(19)15-11-5-3-2-4-10(11)7-14/h2-6H,8H2,1H3,(H,15,19). The lowest BCUT2D eigenvalue weighted by Gasteiger charge is -2.06. The summed E-state index contributed by atoms with van der Waals surface area (Å²) < 4.78 is 1.24. The normalized spacial score (nSPS) is 9.90. The van der Waals surface area contributed by atoms with E-state index in [-0.39, 0.29) is 12.4 Å². The van der Waals surface area contributed by atoms with Gasteiger partial charge in [0.1, 0.15) is 12.6 Å². The molecule has 1 aromatic heterocycles. The number of anilines is 1. The summed E-state index contributed by atoms with van der Waals surface area (Å²) >= 11 is 0. The molecule has 2 rings (SSSR count). The summed E-state index contributed by atoms with van der Waals surface area (Å²) in [5, 5.41) is 25.9. The molecule has 8 heteroatoms. The van der Waals surface area contributed by atoms with Crippen LogP contribution in [0, 0.1) is 28.4 Å². The number of hydrogen-bond acceptors (Lipinski definition) is 5. The van der Waals surface area contributed by atoms with E-state index in [9.17, 15) is 14.9 Å². The quantitative estimate of drug-likeness (QED) is 0.677. The number of aromatic nitrogens is 2. The number of aryl methyl sites for hydroxylation is 1. The molecule has 106 valence electrons. The van der Waals surface area contributed by atoms with Crippen LogP contribution in [0.3, 0.4) is 0 Å². The van der Waals surface area contributed by atoms with Crippen molar-refractivity contribution in [2.24, 2.45) is 0 Å². The van der Waals surface area contributed by atoms with Crippen LogP contribution in [0.15, 0.2) is 30.3 Å². The van der Waals surface area contributed by atoms with Crippen molar-refractivity contribution in [2.75, 3.05) is 5.32 Å². The molecule has 0 saturated heterocycles. The second kappa shape index (κ2) is 5.83. The van der Waals surface area contributed by atoms with Gasteiger partial charge >= 0.3 is 5.82 Å². The van der Waals surface area contributed by atoms with Crippen LogP contribution in [0.2, 0.25) is 0 Å². The molecule has 0 bridgehead atoms. The second-order valence-corrected chi connectivity index (χ2v) is 4.26. The molecule has 1 N–H and O–H groups in total. The first-order valence-corrected chi connectivity index (χ1v) is 5.99. The molecule has 0 atom stereocenters. The van der Waals surface area contributed by atoms with Crippen molar-refractivity contribution in [3.63, 3.8) is 0 Å². The first-order chi connectivity index (χ1) is 10.0.